The number of ether oxygens (including phenoxy) is 1. The van der Waals surface area contributed by atoms with E-state index in [9.17, 15) is 13.2 Å². The van der Waals surface area contributed by atoms with E-state index in [1.54, 1.807) is 33.8 Å². The number of aryl methyl sites for hydroxylation is 1. The van der Waals surface area contributed by atoms with Crippen LogP contribution in [0.5, 0.6) is 0 Å². The predicted octanol–water partition coefficient (Wildman–Crippen LogP) is 1.54. The summed E-state index contributed by atoms with van der Waals surface area (Å²) in [5, 5.41) is 0. The fraction of sp³-hybridized carbons (Fsp3) is 0.500. The maximum absolute atomic E-state index is 12.7. The molecule has 0 aliphatic rings. The Hall–Kier alpha value is -1.60. The zero-order valence-electron chi connectivity index (χ0n) is 12.8. The first-order valence-corrected chi connectivity index (χ1v) is 8.17. The summed E-state index contributed by atoms with van der Waals surface area (Å²) in [6.45, 7) is 6.68. The van der Waals surface area contributed by atoms with Crippen molar-refractivity contribution in [2.75, 3.05) is 18.9 Å². The molecule has 0 saturated carbocycles. The zero-order chi connectivity index (χ0) is 16.2. The van der Waals surface area contributed by atoms with Crippen LogP contribution in [-0.2, 0) is 19.6 Å². The van der Waals surface area contributed by atoms with E-state index < -0.39 is 16.0 Å². The fourth-order valence-corrected chi connectivity index (χ4v) is 3.76. The van der Waals surface area contributed by atoms with Crippen molar-refractivity contribution in [3.8, 4) is 0 Å². The molecule has 0 bridgehead atoms. The minimum atomic E-state index is -3.78. The van der Waals surface area contributed by atoms with E-state index in [1.807, 2.05) is 0 Å². The summed E-state index contributed by atoms with van der Waals surface area (Å²) in [5.41, 5.74) is 6.68. The summed E-state index contributed by atoms with van der Waals surface area (Å²) in [5.74, 6) is -0.567. The lowest BCUT2D eigenvalue weighted by atomic mass is 10.2. The smallest absolute Gasteiger partial charge is 0.321 e. The van der Waals surface area contributed by atoms with E-state index in [4.69, 9.17) is 10.5 Å². The number of nitrogens with two attached hydrogens (primary N) is 1. The highest BCUT2D eigenvalue weighted by molar-refractivity contribution is 7.89. The molecular weight excluding hydrogens is 292 g/mol. The monoisotopic (exact) mass is 314 g/mol. The van der Waals surface area contributed by atoms with Gasteiger partial charge in [0.15, 0.2) is 0 Å². The normalized spacial score (nSPS) is 11.9. The lowest BCUT2D eigenvalue weighted by Gasteiger charge is -2.25. The predicted molar refractivity (Wildman–Crippen MR) is 81.3 cm³/mol. The van der Waals surface area contributed by atoms with Crippen molar-refractivity contribution in [1.29, 1.82) is 0 Å². The first-order chi connectivity index (χ1) is 9.70. The van der Waals surface area contributed by atoms with Crippen molar-refractivity contribution in [3.63, 3.8) is 0 Å². The second-order valence-electron chi connectivity index (χ2n) is 4.97. The standard InChI is InChI=1S/C14H22N2O4S/c1-5-20-14(17)9-16(10(2)3)21(18,19)13-7-6-12(15)8-11(13)4/h6-8,10H,5,9,15H2,1-4H3. The SMILES string of the molecule is CCOC(=O)CN(C(C)C)S(=O)(=O)c1ccc(N)cc1C. The molecule has 0 aliphatic carbocycles. The fourth-order valence-electron chi connectivity index (χ4n) is 1.97. The Balaban J connectivity index is 3.19. The Kier molecular flexibility index (Phi) is 5.74. The molecule has 0 aliphatic heterocycles. The van der Waals surface area contributed by atoms with Crippen molar-refractivity contribution in [2.45, 2.75) is 38.6 Å². The third kappa shape index (κ3) is 4.18. The second kappa shape index (κ2) is 6.91. The minimum Gasteiger partial charge on any atom is -0.465 e. The van der Waals surface area contributed by atoms with Crippen LogP contribution in [0.1, 0.15) is 26.3 Å². The van der Waals surface area contributed by atoms with Gasteiger partial charge in [-0.1, -0.05) is 0 Å². The molecule has 0 amide bonds. The third-order valence-electron chi connectivity index (χ3n) is 2.95. The van der Waals surface area contributed by atoms with Crippen LogP contribution in [0.2, 0.25) is 0 Å². The van der Waals surface area contributed by atoms with Crippen molar-refractivity contribution >= 4 is 21.7 Å². The number of nitrogen functional groups attached to an aromatic ring is 1. The van der Waals surface area contributed by atoms with E-state index in [1.165, 1.54) is 12.1 Å². The lowest BCUT2D eigenvalue weighted by Crippen LogP contribution is -2.41. The maximum Gasteiger partial charge on any atom is 0.321 e. The van der Waals surface area contributed by atoms with Gasteiger partial charge in [-0.3, -0.25) is 4.79 Å². The molecule has 0 fully saturated rings. The molecule has 2 N–H and O–H groups in total. The summed E-state index contributed by atoms with van der Waals surface area (Å²) in [4.78, 5) is 11.8. The van der Waals surface area contributed by atoms with Crippen LogP contribution in [0, 0.1) is 6.92 Å². The topological polar surface area (TPSA) is 89.7 Å². The molecule has 0 radical (unpaired) electrons. The molecule has 7 heteroatoms. The summed E-state index contributed by atoms with van der Waals surface area (Å²) in [7, 11) is -3.78. The van der Waals surface area contributed by atoms with Gasteiger partial charge in [0, 0.05) is 11.7 Å². The number of sulfonamides is 1. The molecule has 0 heterocycles. The number of hydrogen-bond acceptors (Lipinski definition) is 5. The number of nitrogens with zero attached hydrogens (tertiary/aromatic N) is 1. The van der Waals surface area contributed by atoms with Crippen LogP contribution < -0.4 is 5.73 Å². The Morgan fingerprint density at radius 1 is 1.38 bits per heavy atom. The first kappa shape index (κ1) is 17.5. The summed E-state index contributed by atoms with van der Waals surface area (Å²) >= 11 is 0. The largest absolute Gasteiger partial charge is 0.465 e. The molecule has 0 aromatic heterocycles. The number of carbonyl (C=O) groups is 1. The van der Waals surface area contributed by atoms with Crippen molar-refractivity contribution in [1.82, 2.24) is 4.31 Å². The van der Waals surface area contributed by atoms with Gasteiger partial charge >= 0.3 is 5.97 Å². The lowest BCUT2D eigenvalue weighted by molar-refractivity contribution is -0.143. The van der Waals surface area contributed by atoms with Crippen LogP contribution in [0.25, 0.3) is 0 Å². The summed E-state index contributed by atoms with van der Waals surface area (Å²) in [6, 6.07) is 4.22. The van der Waals surface area contributed by atoms with Gasteiger partial charge in [-0.2, -0.15) is 4.31 Å². The van der Waals surface area contributed by atoms with Crippen molar-refractivity contribution in [2.24, 2.45) is 0 Å². The number of hydrogen-bond donors (Lipinski definition) is 1. The molecule has 0 spiro atoms. The molecular formula is C14H22N2O4S. The van der Waals surface area contributed by atoms with Gasteiger partial charge < -0.3 is 10.5 Å². The van der Waals surface area contributed by atoms with E-state index in [0.717, 1.165) is 4.31 Å². The molecule has 1 aromatic rings. The molecule has 1 rings (SSSR count). The van der Waals surface area contributed by atoms with Crippen LogP contribution in [0.3, 0.4) is 0 Å². The highest BCUT2D eigenvalue weighted by Gasteiger charge is 2.30. The van der Waals surface area contributed by atoms with Gasteiger partial charge in [0.25, 0.3) is 0 Å². The Morgan fingerprint density at radius 2 is 2.00 bits per heavy atom. The number of rotatable bonds is 6. The van der Waals surface area contributed by atoms with Crippen LogP contribution >= 0.6 is 0 Å². The number of benzene rings is 1. The second-order valence-corrected chi connectivity index (χ2v) is 6.83. The van der Waals surface area contributed by atoms with Gasteiger partial charge in [0.1, 0.15) is 6.54 Å². The molecule has 118 valence electrons. The number of carbonyl (C=O) groups excluding carboxylic acids is 1. The van der Waals surface area contributed by atoms with Crippen LogP contribution in [-0.4, -0.2) is 37.9 Å². The van der Waals surface area contributed by atoms with E-state index in [0.29, 0.717) is 11.3 Å². The Morgan fingerprint density at radius 3 is 2.48 bits per heavy atom. The minimum absolute atomic E-state index is 0.148. The van der Waals surface area contributed by atoms with Crippen LogP contribution in [0.15, 0.2) is 23.1 Å². The molecule has 6 nitrogen and oxygen atoms in total. The first-order valence-electron chi connectivity index (χ1n) is 6.73. The van der Waals surface area contributed by atoms with E-state index >= 15 is 0 Å². The highest BCUT2D eigenvalue weighted by atomic mass is 32.2. The summed E-state index contributed by atoms with van der Waals surface area (Å²) < 4.78 is 31.4. The molecule has 0 saturated heterocycles. The Bertz CT molecular complexity index is 611. The molecule has 0 atom stereocenters. The highest BCUT2D eigenvalue weighted by Crippen LogP contribution is 2.23. The van der Waals surface area contributed by atoms with E-state index in [2.05, 4.69) is 0 Å². The van der Waals surface area contributed by atoms with Crippen molar-refractivity contribution in [3.05, 3.63) is 23.8 Å². The average Bonchev–Trinajstić information content (AvgIpc) is 2.35. The van der Waals surface area contributed by atoms with E-state index in [-0.39, 0.29) is 24.1 Å². The third-order valence-corrected chi connectivity index (χ3v) is 5.13. The number of esters is 1. The van der Waals surface area contributed by atoms with Crippen LogP contribution in [0.4, 0.5) is 5.69 Å². The molecule has 1 aromatic carbocycles. The quantitative estimate of drug-likeness (QED) is 0.635. The Labute approximate surface area is 125 Å². The van der Waals surface area contributed by atoms with Gasteiger partial charge in [-0.15, -0.1) is 0 Å². The van der Waals surface area contributed by atoms with Crippen molar-refractivity contribution < 1.29 is 17.9 Å². The summed E-state index contributed by atoms with van der Waals surface area (Å²) in [6.07, 6.45) is 0. The molecule has 21 heavy (non-hydrogen) atoms. The zero-order valence-corrected chi connectivity index (χ0v) is 13.6. The van der Waals surface area contributed by atoms with Gasteiger partial charge in [0.05, 0.1) is 11.5 Å². The average molecular weight is 314 g/mol. The maximum atomic E-state index is 12.7. The van der Waals surface area contributed by atoms with Gasteiger partial charge in [-0.05, 0) is 51.5 Å². The van der Waals surface area contributed by atoms with Gasteiger partial charge in [-0.25, -0.2) is 8.42 Å². The number of anilines is 1. The van der Waals surface area contributed by atoms with Gasteiger partial charge in [0.2, 0.25) is 10.0 Å². The molecule has 0 unspecified atom stereocenters.